The fourth-order valence-corrected chi connectivity index (χ4v) is 1.40. The van der Waals surface area contributed by atoms with Crippen LogP contribution in [0, 0.1) is 0 Å². The summed E-state index contributed by atoms with van der Waals surface area (Å²) in [7, 11) is 2.09. The third-order valence-electron chi connectivity index (χ3n) is 2.33. The van der Waals surface area contributed by atoms with Gasteiger partial charge in [0.15, 0.2) is 12.4 Å². The Bertz CT molecular complexity index is 294. The highest BCUT2D eigenvalue weighted by molar-refractivity contribution is 5.21. The van der Waals surface area contributed by atoms with Gasteiger partial charge in [0.1, 0.15) is 7.05 Å². The molecule has 0 spiro atoms. The zero-order valence-electron chi connectivity index (χ0n) is 9.39. The molecule has 0 fully saturated rings. The Hall–Kier alpha value is -0.850. The van der Waals surface area contributed by atoms with E-state index in [1.165, 1.54) is 11.1 Å². The van der Waals surface area contributed by atoms with Crippen molar-refractivity contribution in [3.63, 3.8) is 0 Å². The molecule has 0 atom stereocenters. The smallest absolute Gasteiger partial charge is 0.172 e. The topological polar surface area (TPSA) is 3.88 Å². The molecule has 0 saturated heterocycles. The molecule has 0 N–H and O–H groups in total. The van der Waals surface area contributed by atoms with Crippen molar-refractivity contribution in [2.75, 3.05) is 0 Å². The molecule has 0 aromatic carbocycles. The first-order chi connectivity index (χ1) is 5.93. The fourth-order valence-electron chi connectivity index (χ4n) is 1.40. The van der Waals surface area contributed by atoms with Gasteiger partial charge in [-0.1, -0.05) is 27.7 Å². The summed E-state index contributed by atoms with van der Waals surface area (Å²) >= 11 is 0. The van der Waals surface area contributed by atoms with Crippen LogP contribution >= 0.6 is 0 Å². The van der Waals surface area contributed by atoms with Crippen molar-refractivity contribution in [1.82, 2.24) is 0 Å². The fraction of sp³-hybridized carbons (Fsp3) is 0.583. The second kappa shape index (κ2) is 3.49. The van der Waals surface area contributed by atoms with Crippen molar-refractivity contribution in [3.05, 3.63) is 29.6 Å². The second-order valence-electron chi connectivity index (χ2n) is 4.70. The van der Waals surface area contributed by atoms with Crippen LogP contribution in [0.25, 0.3) is 0 Å². The molecular formula is C12H20N+. The van der Waals surface area contributed by atoms with Gasteiger partial charge >= 0.3 is 0 Å². The number of hydrogen-bond donors (Lipinski definition) is 0. The largest absolute Gasteiger partial charge is 0.207 e. The number of aryl methyl sites for hydroxylation is 2. The van der Waals surface area contributed by atoms with Crippen LogP contribution in [0.2, 0.25) is 0 Å². The first-order valence-electron chi connectivity index (χ1n) is 4.93. The van der Waals surface area contributed by atoms with E-state index in [4.69, 9.17) is 0 Å². The van der Waals surface area contributed by atoms with Crippen molar-refractivity contribution in [2.24, 2.45) is 7.05 Å². The molecule has 0 aliphatic heterocycles. The lowest BCUT2D eigenvalue weighted by molar-refractivity contribution is -0.672. The second-order valence-corrected chi connectivity index (χ2v) is 4.70. The van der Waals surface area contributed by atoms with E-state index in [1.807, 2.05) is 0 Å². The predicted molar refractivity (Wildman–Crippen MR) is 55.7 cm³/mol. The Morgan fingerprint density at radius 2 is 1.85 bits per heavy atom. The molecule has 1 heterocycles. The van der Waals surface area contributed by atoms with E-state index in [0.29, 0.717) is 0 Å². The molecule has 0 bridgehead atoms. The van der Waals surface area contributed by atoms with Crippen molar-refractivity contribution in [3.8, 4) is 0 Å². The zero-order chi connectivity index (χ0) is 10.1. The van der Waals surface area contributed by atoms with Gasteiger partial charge in [-0.2, -0.15) is 0 Å². The molecule has 13 heavy (non-hydrogen) atoms. The molecule has 0 unspecified atom stereocenters. The van der Waals surface area contributed by atoms with Crippen LogP contribution in [0.5, 0.6) is 0 Å². The summed E-state index contributed by atoms with van der Waals surface area (Å²) in [5.41, 5.74) is 3.08. The number of nitrogens with zero attached hydrogens (tertiary/aromatic N) is 1. The number of aromatic nitrogens is 1. The van der Waals surface area contributed by atoms with Gasteiger partial charge in [-0.05, 0) is 17.9 Å². The van der Waals surface area contributed by atoms with Gasteiger partial charge in [0, 0.05) is 11.1 Å². The van der Waals surface area contributed by atoms with Crippen LogP contribution in [0.4, 0.5) is 0 Å². The normalized spacial score (nSPS) is 11.8. The third kappa shape index (κ3) is 2.55. The van der Waals surface area contributed by atoms with Crippen molar-refractivity contribution < 1.29 is 4.57 Å². The summed E-state index contributed by atoms with van der Waals surface area (Å²) in [4.78, 5) is 0. The zero-order valence-corrected chi connectivity index (χ0v) is 9.39. The lowest BCUT2D eigenvalue weighted by Crippen LogP contribution is -2.30. The van der Waals surface area contributed by atoms with Gasteiger partial charge in [0.05, 0.1) is 0 Å². The lowest BCUT2D eigenvalue weighted by Gasteiger charge is -2.17. The molecule has 0 amide bonds. The average molecular weight is 178 g/mol. The van der Waals surface area contributed by atoms with Crippen molar-refractivity contribution in [2.45, 2.75) is 39.5 Å². The van der Waals surface area contributed by atoms with Gasteiger partial charge in [0.25, 0.3) is 0 Å². The lowest BCUT2D eigenvalue weighted by atomic mass is 9.87. The summed E-state index contributed by atoms with van der Waals surface area (Å²) in [5, 5.41) is 0. The Labute approximate surface area is 81.4 Å². The molecule has 1 rings (SSSR count). The minimum Gasteiger partial charge on any atom is -0.207 e. The molecule has 1 aromatic heterocycles. The van der Waals surface area contributed by atoms with E-state index in [1.54, 1.807) is 0 Å². The molecule has 72 valence electrons. The van der Waals surface area contributed by atoms with Crippen LogP contribution < -0.4 is 4.57 Å². The molecule has 0 aliphatic rings. The number of pyridine rings is 1. The maximum absolute atomic E-state index is 2.31. The van der Waals surface area contributed by atoms with Gasteiger partial charge in [-0.3, -0.25) is 0 Å². The van der Waals surface area contributed by atoms with Crippen molar-refractivity contribution in [1.29, 1.82) is 0 Å². The molecule has 0 saturated carbocycles. The van der Waals surface area contributed by atoms with Crippen LogP contribution in [0.3, 0.4) is 0 Å². The van der Waals surface area contributed by atoms with Gasteiger partial charge in [0.2, 0.25) is 0 Å². The van der Waals surface area contributed by atoms with Crippen LogP contribution in [0.1, 0.15) is 38.8 Å². The number of hydrogen-bond acceptors (Lipinski definition) is 0. The van der Waals surface area contributed by atoms with Gasteiger partial charge in [-0.15, -0.1) is 0 Å². The van der Waals surface area contributed by atoms with Crippen LogP contribution in [-0.4, -0.2) is 0 Å². The van der Waals surface area contributed by atoms with E-state index in [0.717, 1.165) is 6.42 Å². The van der Waals surface area contributed by atoms with Crippen molar-refractivity contribution >= 4 is 0 Å². The molecule has 1 nitrogen and oxygen atoms in total. The summed E-state index contributed by atoms with van der Waals surface area (Å²) < 4.78 is 2.15. The Balaban J connectivity index is 3.16. The highest BCUT2D eigenvalue weighted by Gasteiger charge is 2.17. The maximum Gasteiger partial charge on any atom is 0.172 e. The highest BCUT2D eigenvalue weighted by Crippen LogP contribution is 2.21. The minimum absolute atomic E-state index is 0.253. The first-order valence-corrected chi connectivity index (χ1v) is 4.93. The Kier molecular flexibility index (Phi) is 2.74. The summed E-state index contributed by atoms with van der Waals surface area (Å²) in [6.45, 7) is 8.95. The average Bonchev–Trinajstić information content (AvgIpc) is 2.01. The van der Waals surface area contributed by atoms with E-state index in [9.17, 15) is 0 Å². The Morgan fingerprint density at radius 1 is 1.23 bits per heavy atom. The number of rotatable bonds is 1. The molecular weight excluding hydrogens is 158 g/mol. The standard InChI is InChI=1S/C12H20N/c1-6-10-7-11(12(2,3)4)9-13(5)8-10/h7-9H,6H2,1-5H3/q+1. The van der Waals surface area contributed by atoms with E-state index in [2.05, 4.69) is 57.8 Å². The third-order valence-corrected chi connectivity index (χ3v) is 2.33. The highest BCUT2D eigenvalue weighted by atomic mass is 14.9. The summed E-state index contributed by atoms with van der Waals surface area (Å²) in [5.74, 6) is 0. The quantitative estimate of drug-likeness (QED) is 0.581. The van der Waals surface area contributed by atoms with Gasteiger partial charge in [-0.25, -0.2) is 4.57 Å². The SMILES string of the molecule is CCc1cc(C(C)(C)C)c[n+](C)c1. The van der Waals surface area contributed by atoms with E-state index >= 15 is 0 Å². The molecule has 1 heteroatoms. The van der Waals surface area contributed by atoms with E-state index < -0.39 is 0 Å². The predicted octanol–water partition coefficient (Wildman–Crippen LogP) is 2.37. The molecule has 0 radical (unpaired) electrons. The summed E-state index contributed by atoms with van der Waals surface area (Å²) in [6.07, 6.45) is 5.51. The first kappa shape index (κ1) is 10.2. The molecule has 1 aromatic rings. The summed E-state index contributed by atoms with van der Waals surface area (Å²) in [6, 6.07) is 2.31. The van der Waals surface area contributed by atoms with Crippen LogP contribution in [0.15, 0.2) is 18.5 Å². The maximum atomic E-state index is 2.31. The Morgan fingerprint density at radius 3 is 2.31 bits per heavy atom. The molecule has 0 aliphatic carbocycles. The minimum atomic E-state index is 0.253. The van der Waals surface area contributed by atoms with Crippen LogP contribution in [-0.2, 0) is 18.9 Å². The monoisotopic (exact) mass is 178 g/mol. The van der Waals surface area contributed by atoms with E-state index in [-0.39, 0.29) is 5.41 Å². The van der Waals surface area contributed by atoms with Gasteiger partial charge < -0.3 is 0 Å².